The lowest BCUT2D eigenvalue weighted by Gasteiger charge is -2.52. The first-order valence-electron chi connectivity index (χ1n) is 11.0. The summed E-state index contributed by atoms with van der Waals surface area (Å²) in [6.07, 6.45) is 7.84. The summed E-state index contributed by atoms with van der Waals surface area (Å²) in [5, 5.41) is 11.5. The summed E-state index contributed by atoms with van der Waals surface area (Å²) in [7, 11) is 3.28. The summed E-state index contributed by atoms with van der Waals surface area (Å²) < 4.78 is 11.1. The second kappa shape index (κ2) is 9.15. The van der Waals surface area contributed by atoms with Crippen molar-refractivity contribution in [3.05, 3.63) is 65.7 Å². The van der Waals surface area contributed by atoms with Crippen LogP contribution in [0.25, 0.3) is 6.08 Å². The van der Waals surface area contributed by atoms with Gasteiger partial charge >= 0.3 is 0 Å². The predicted molar refractivity (Wildman–Crippen MR) is 121 cm³/mol. The van der Waals surface area contributed by atoms with Crippen LogP contribution in [0.3, 0.4) is 0 Å². The standard InChI is InChI=1S/C26H31NO4/c1-30-20-12-13-23(31-2)21(18-20)25-22-10-6-7-15-26(22,29)16-17-27(25)24(28)14-11-19-8-4-3-5-9-19/h3-5,8-9,11-14,18,22,25,29H,6-7,10,15-17H2,1-2H3/t22-,25+,26+/m0/s1. The number of likely N-dealkylation sites (tertiary alicyclic amines) is 1. The van der Waals surface area contributed by atoms with Gasteiger partial charge in [0, 0.05) is 24.1 Å². The molecule has 0 radical (unpaired) electrons. The molecule has 0 bridgehead atoms. The second-order valence-electron chi connectivity index (χ2n) is 8.53. The van der Waals surface area contributed by atoms with E-state index in [1.165, 1.54) is 0 Å². The number of rotatable bonds is 5. The molecule has 2 aliphatic rings. The third-order valence-corrected chi connectivity index (χ3v) is 6.82. The molecule has 1 amide bonds. The molecular formula is C26H31NO4. The van der Waals surface area contributed by atoms with Gasteiger partial charge in [-0.25, -0.2) is 0 Å². The van der Waals surface area contributed by atoms with Gasteiger partial charge in [-0.3, -0.25) is 4.79 Å². The molecule has 164 valence electrons. The Morgan fingerprint density at radius 3 is 2.65 bits per heavy atom. The highest BCUT2D eigenvalue weighted by atomic mass is 16.5. The van der Waals surface area contributed by atoms with Crippen molar-refractivity contribution in [3.63, 3.8) is 0 Å². The Balaban J connectivity index is 1.73. The first kappa shape index (κ1) is 21.4. The number of methoxy groups -OCH3 is 2. The molecule has 0 spiro atoms. The van der Waals surface area contributed by atoms with E-state index in [4.69, 9.17) is 9.47 Å². The van der Waals surface area contributed by atoms with Crippen LogP contribution in [-0.2, 0) is 4.79 Å². The van der Waals surface area contributed by atoms with E-state index in [1.54, 1.807) is 20.3 Å². The fourth-order valence-electron chi connectivity index (χ4n) is 5.21. The van der Waals surface area contributed by atoms with Gasteiger partial charge in [0.2, 0.25) is 5.91 Å². The average molecular weight is 422 g/mol. The monoisotopic (exact) mass is 421 g/mol. The summed E-state index contributed by atoms with van der Waals surface area (Å²) in [6, 6.07) is 15.2. The molecule has 1 saturated heterocycles. The van der Waals surface area contributed by atoms with Crippen LogP contribution in [0, 0.1) is 5.92 Å². The van der Waals surface area contributed by atoms with Gasteiger partial charge in [-0.15, -0.1) is 0 Å². The minimum atomic E-state index is -0.753. The van der Waals surface area contributed by atoms with Crippen molar-refractivity contribution in [2.45, 2.75) is 43.7 Å². The minimum absolute atomic E-state index is 0.0370. The number of carbonyl (C=O) groups is 1. The number of ether oxygens (including phenoxy) is 2. The van der Waals surface area contributed by atoms with Gasteiger partial charge < -0.3 is 19.5 Å². The van der Waals surface area contributed by atoms with Crippen molar-refractivity contribution in [2.24, 2.45) is 5.92 Å². The fourth-order valence-corrected chi connectivity index (χ4v) is 5.21. The Morgan fingerprint density at radius 2 is 1.90 bits per heavy atom. The molecule has 2 aromatic rings. The van der Waals surface area contributed by atoms with Crippen LogP contribution in [0.2, 0.25) is 0 Å². The number of aliphatic hydroxyl groups is 1. The number of carbonyl (C=O) groups excluding carboxylic acids is 1. The van der Waals surface area contributed by atoms with Gasteiger partial charge in [-0.2, -0.15) is 0 Å². The number of nitrogens with zero attached hydrogens (tertiary/aromatic N) is 1. The molecule has 2 aromatic carbocycles. The molecule has 0 aromatic heterocycles. The summed E-state index contributed by atoms with van der Waals surface area (Å²) in [5.74, 6) is 1.34. The van der Waals surface area contributed by atoms with Crippen LogP contribution in [0.4, 0.5) is 0 Å². The molecule has 31 heavy (non-hydrogen) atoms. The first-order chi connectivity index (χ1) is 15.1. The van der Waals surface area contributed by atoms with Crippen molar-refractivity contribution in [1.29, 1.82) is 0 Å². The van der Waals surface area contributed by atoms with Crippen LogP contribution in [0.1, 0.15) is 49.3 Å². The zero-order valence-electron chi connectivity index (χ0n) is 18.3. The molecular weight excluding hydrogens is 390 g/mol. The van der Waals surface area contributed by atoms with Gasteiger partial charge in [0.05, 0.1) is 25.9 Å². The third kappa shape index (κ3) is 4.33. The molecule has 0 unspecified atom stereocenters. The van der Waals surface area contributed by atoms with E-state index < -0.39 is 5.60 Å². The van der Waals surface area contributed by atoms with Crippen molar-refractivity contribution in [1.82, 2.24) is 4.90 Å². The third-order valence-electron chi connectivity index (χ3n) is 6.82. The minimum Gasteiger partial charge on any atom is -0.497 e. The Hall–Kier alpha value is -2.79. The van der Waals surface area contributed by atoms with Crippen molar-refractivity contribution >= 4 is 12.0 Å². The van der Waals surface area contributed by atoms with Crippen LogP contribution < -0.4 is 9.47 Å². The lowest BCUT2D eigenvalue weighted by Crippen LogP contribution is -2.56. The van der Waals surface area contributed by atoms with Gasteiger partial charge in [0.25, 0.3) is 0 Å². The number of fused-ring (bicyclic) bond motifs is 1. The van der Waals surface area contributed by atoms with Crippen LogP contribution in [-0.4, -0.2) is 42.3 Å². The van der Waals surface area contributed by atoms with Crippen molar-refractivity contribution < 1.29 is 19.4 Å². The number of hydrogen-bond acceptors (Lipinski definition) is 4. The summed E-state index contributed by atoms with van der Waals surface area (Å²) >= 11 is 0. The van der Waals surface area contributed by atoms with E-state index in [0.29, 0.717) is 24.5 Å². The fraction of sp³-hybridized carbons (Fsp3) is 0.423. The van der Waals surface area contributed by atoms with E-state index in [-0.39, 0.29) is 17.9 Å². The molecule has 1 heterocycles. The molecule has 3 atom stereocenters. The largest absolute Gasteiger partial charge is 0.497 e. The molecule has 2 fully saturated rings. The smallest absolute Gasteiger partial charge is 0.247 e. The van der Waals surface area contributed by atoms with E-state index in [0.717, 1.165) is 36.8 Å². The van der Waals surface area contributed by atoms with Gasteiger partial charge in [-0.05, 0) is 49.1 Å². The van der Waals surface area contributed by atoms with Crippen molar-refractivity contribution in [2.75, 3.05) is 20.8 Å². The lowest BCUT2D eigenvalue weighted by molar-refractivity contribution is -0.151. The van der Waals surface area contributed by atoms with Gasteiger partial charge in [-0.1, -0.05) is 43.2 Å². The average Bonchev–Trinajstić information content (AvgIpc) is 2.81. The quantitative estimate of drug-likeness (QED) is 0.716. The highest BCUT2D eigenvalue weighted by Gasteiger charge is 2.50. The SMILES string of the molecule is COc1ccc(OC)c([C@@H]2[C@@H]3CCCC[C@@]3(O)CCN2C(=O)C=Cc2ccccc2)c1. The van der Waals surface area contributed by atoms with Crippen LogP contribution >= 0.6 is 0 Å². The molecule has 1 aliphatic carbocycles. The Morgan fingerprint density at radius 1 is 1.10 bits per heavy atom. The van der Waals surface area contributed by atoms with Gasteiger partial charge in [0.15, 0.2) is 0 Å². The Bertz CT molecular complexity index is 942. The maximum absolute atomic E-state index is 13.4. The normalized spacial score (nSPS) is 25.8. The van der Waals surface area contributed by atoms with E-state index in [1.807, 2.05) is 59.5 Å². The molecule has 5 nitrogen and oxygen atoms in total. The lowest BCUT2D eigenvalue weighted by atomic mass is 9.66. The highest BCUT2D eigenvalue weighted by molar-refractivity contribution is 5.92. The van der Waals surface area contributed by atoms with E-state index in [9.17, 15) is 9.90 Å². The number of benzene rings is 2. The van der Waals surface area contributed by atoms with Crippen molar-refractivity contribution in [3.8, 4) is 11.5 Å². The zero-order chi connectivity index (χ0) is 21.8. The summed E-state index contributed by atoms with van der Waals surface area (Å²) in [4.78, 5) is 15.3. The summed E-state index contributed by atoms with van der Waals surface area (Å²) in [6.45, 7) is 0.510. The first-order valence-corrected chi connectivity index (χ1v) is 11.0. The second-order valence-corrected chi connectivity index (χ2v) is 8.53. The maximum atomic E-state index is 13.4. The number of amides is 1. The topological polar surface area (TPSA) is 59.0 Å². The van der Waals surface area contributed by atoms with Crippen LogP contribution in [0.5, 0.6) is 11.5 Å². The van der Waals surface area contributed by atoms with Gasteiger partial charge in [0.1, 0.15) is 11.5 Å². The molecule has 5 heteroatoms. The Kier molecular flexibility index (Phi) is 6.33. The number of piperidine rings is 1. The van der Waals surface area contributed by atoms with Crippen LogP contribution in [0.15, 0.2) is 54.6 Å². The van der Waals surface area contributed by atoms with E-state index in [2.05, 4.69) is 0 Å². The Labute approximate surface area is 184 Å². The zero-order valence-corrected chi connectivity index (χ0v) is 18.3. The molecule has 1 saturated carbocycles. The highest BCUT2D eigenvalue weighted by Crippen LogP contribution is 2.51. The predicted octanol–water partition coefficient (Wildman–Crippen LogP) is 4.61. The maximum Gasteiger partial charge on any atom is 0.247 e. The molecule has 4 rings (SSSR count). The summed E-state index contributed by atoms with van der Waals surface area (Å²) in [5.41, 5.74) is 1.13. The number of hydrogen-bond donors (Lipinski definition) is 1. The van der Waals surface area contributed by atoms with E-state index >= 15 is 0 Å². The molecule has 1 aliphatic heterocycles. The molecule has 1 N–H and O–H groups in total.